The summed E-state index contributed by atoms with van der Waals surface area (Å²) in [5.41, 5.74) is -1.29. The third kappa shape index (κ3) is 5.86. The van der Waals surface area contributed by atoms with Gasteiger partial charge in [-0.2, -0.15) is 13.2 Å². The maximum atomic E-state index is 13.0. The SMILES string of the molecule is O=C(O)C(F)(F)F.OCC1(F)CCNCC1. The topological polar surface area (TPSA) is 69.6 Å². The third-order valence-electron chi connectivity index (χ3n) is 2.03. The summed E-state index contributed by atoms with van der Waals surface area (Å²) in [5.74, 6) is -2.76. The number of alkyl halides is 4. The van der Waals surface area contributed by atoms with Gasteiger partial charge in [-0.05, 0) is 25.9 Å². The van der Waals surface area contributed by atoms with Crippen LogP contribution in [0.5, 0.6) is 0 Å². The van der Waals surface area contributed by atoms with E-state index in [1.807, 2.05) is 0 Å². The van der Waals surface area contributed by atoms with Gasteiger partial charge in [-0.25, -0.2) is 9.18 Å². The highest BCUT2D eigenvalue weighted by Gasteiger charge is 2.38. The lowest BCUT2D eigenvalue weighted by Crippen LogP contribution is -2.41. The zero-order chi connectivity index (χ0) is 12.8. The first-order valence-electron chi connectivity index (χ1n) is 4.52. The van der Waals surface area contributed by atoms with Crippen molar-refractivity contribution in [3.05, 3.63) is 0 Å². The summed E-state index contributed by atoms with van der Waals surface area (Å²) in [6, 6.07) is 0. The fourth-order valence-electron chi connectivity index (χ4n) is 1.03. The minimum Gasteiger partial charge on any atom is -0.475 e. The number of aliphatic hydroxyl groups is 1. The lowest BCUT2D eigenvalue weighted by Gasteiger charge is -2.27. The van der Waals surface area contributed by atoms with E-state index in [9.17, 15) is 17.6 Å². The van der Waals surface area contributed by atoms with Crippen molar-refractivity contribution in [3.8, 4) is 0 Å². The number of halogens is 4. The summed E-state index contributed by atoms with van der Waals surface area (Å²) >= 11 is 0. The fourth-order valence-corrected chi connectivity index (χ4v) is 1.03. The van der Waals surface area contributed by atoms with Gasteiger partial charge in [0.2, 0.25) is 0 Å². The zero-order valence-corrected chi connectivity index (χ0v) is 8.35. The first-order valence-corrected chi connectivity index (χ1v) is 4.52. The first kappa shape index (κ1) is 15.1. The van der Waals surface area contributed by atoms with Crippen LogP contribution in [0.15, 0.2) is 0 Å². The monoisotopic (exact) mass is 247 g/mol. The van der Waals surface area contributed by atoms with E-state index in [4.69, 9.17) is 15.0 Å². The minimum atomic E-state index is -5.08. The van der Waals surface area contributed by atoms with Crippen LogP contribution < -0.4 is 5.32 Å². The number of aliphatic hydroxyl groups excluding tert-OH is 1. The van der Waals surface area contributed by atoms with E-state index in [0.717, 1.165) is 0 Å². The van der Waals surface area contributed by atoms with Crippen molar-refractivity contribution in [3.63, 3.8) is 0 Å². The second-order valence-electron chi connectivity index (χ2n) is 3.36. The van der Waals surface area contributed by atoms with Crippen LogP contribution in [0.1, 0.15) is 12.8 Å². The molecular formula is C8H13F4NO3. The van der Waals surface area contributed by atoms with Gasteiger partial charge in [0.1, 0.15) is 5.67 Å². The van der Waals surface area contributed by atoms with E-state index in [-0.39, 0.29) is 6.61 Å². The summed E-state index contributed by atoms with van der Waals surface area (Å²) in [6.07, 6.45) is -4.19. The van der Waals surface area contributed by atoms with Crippen molar-refractivity contribution in [2.45, 2.75) is 24.7 Å². The van der Waals surface area contributed by atoms with E-state index in [2.05, 4.69) is 5.32 Å². The highest BCUT2D eigenvalue weighted by atomic mass is 19.4. The molecule has 0 amide bonds. The van der Waals surface area contributed by atoms with Crippen LogP contribution in [0.2, 0.25) is 0 Å². The molecule has 8 heteroatoms. The van der Waals surface area contributed by atoms with Crippen LogP contribution in [-0.4, -0.2) is 47.7 Å². The molecule has 0 aromatic carbocycles. The second-order valence-corrected chi connectivity index (χ2v) is 3.36. The molecule has 0 radical (unpaired) electrons. The minimum absolute atomic E-state index is 0.325. The molecule has 1 rings (SSSR count). The van der Waals surface area contributed by atoms with Crippen molar-refractivity contribution < 1.29 is 32.6 Å². The fraction of sp³-hybridized carbons (Fsp3) is 0.875. The smallest absolute Gasteiger partial charge is 0.475 e. The van der Waals surface area contributed by atoms with Crippen LogP contribution in [0.3, 0.4) is 0 Å². The Morgan fingerprint density at radius 1 is 1.31 bits per heavy atom. The van der Waals surface area contributed by atoms with Crippen LogP contribution in [0.25, 0.3) is 0 Å². The van der Waals surface area contributed by atoms with Gasteiger partial charge < -0.3 is 15.5 Å². The van der Waals surface area contributed by atoms with Gasteiger partial charge >= 0.3 is 12.1 Å². The highest BCUT2D eigenvalue weighted by molar-refractivity contribution is 5.73. The molecule has 0 aliphatic carbocycles. The van der Waals surface area contributed by atoms with E-state index in [1.54, 1.807) is 0 Å². The van der Waals surface area contributed by atoms with Crippen LogP contribution in [0.4, 0.5) is 17.6 Å². The van der Waals surface area contributed by atoms with Gasteiger partial charge in [-0.15, -0.1) is 0 Å². The number of hydrogen-bond donors (Lipinski definition) is 3. The number of nitrogens with one attached hydrogen (secondary N) is 1. The van der Waals surface area contributed by atoms with Crippen LogP contribution in [0, 0.1) is 0 Å². The van der Waals surface area contributed by atoms with Crippen LogP contribution >= 0.6 is 0 Å². The van der Waals surface area contributed by atoms with Gasteiger partial charge in [0.05, 0.1) is 6.61 Å². The Bertz CT molecular complexity index is 226. The Labute approximate surface area is 89.3 Å². The van der Waals surface area contributed by atoms with E-state index in [0.29, 0.717) is 25.9 Å². The second kappa shape index (κ2) is 6.00. The van der Waals surface area contributed by atoms with Crippen molar-refractivity contribution in [1.82, 2.24) is 5.32 Å². The Kier molecular flexibility index (Phi) is 5.66. The molecule has 0 aromatic heterocycles. The lowest BCUT2D eigenvalue weighted by molar-refractivity contribution is -0.192. The molecule has 0 bridgehead atoms. The maximum absolute atomic E-state index is 13.0. The van der Waals surface area contributed by atoms with Gasteiger partial charge in [0.15, 0.2) is 0 Å². The summed E-state index contributed by atoms with van der Waals surface area (Å²) in [7, 11) is 0. The molecule has 1 heterocycles. The van der Waals surface area contributed by atoms with E-state index < -0.39 is 17.8 Å². The highest BCUT2D eigenvalue weighted by Crippen LogP contribution is 2.21. The third-order valence-corrected chi connectivity index (χ3v) is 2.03. The molecule has 0 aromatic rings. The number of hydrogen-bond acceptors (Lipinski definition) is 3. The predicted molar refractivity (Wildman–Crippen MR) is 46.7 cm³/mol. The quantitative estimate of drug-likeness (QED) is 0.597. The molecule has 1 fully saturated rings. The Balaban J connectivity index is 0.000000293. The summed E-state index contributed by atoms with van der Waals surface area (Å²) in [5, 5.41) is 18.7. The molecule has 0 saturated carbocycles. The first-order chi connectivity index (χ1) is 7.21. The molecule has 96 valence electrons. The summed E-state index contributed by atoms with van der Waals surface area (Å²) in [6.45, 7) is 1.06. The maximum Gasteiger partial charge on any atom is 0.490 e. The zero-order valence-electron chi connectivity index (χ0n) is 8.35. The number of carbonyl (C=O) groups is 1. The molecule has 1 aliphatic rings. The summed E-state index contributed by atoms with van der Waals surface area (Å²) < 4.78 is 44.7. The van der Waals surface area contributed by atoms with Crippen molar-refractivity contribution in [1.29, 1.82) is 0 Å². The molecule has 1 saturated heterocycles. The van der Waals surface area contributed by atoms with Crippen LogP contribution in [-0.2, 0) is 4.79 Å². The molecule has 0 spiro atoms. The molecule has 4 nitrogen and oxygen atoms in total. The molecule has 16 heavy (non-hydrogen) atoms. The van der Waals surface area contributed by atoms with E-state index in [1.165, 1.54) is 0 Å². The van der Waals surface area contributed by atoms with Crippen molar-refractivity contribution in [2.75, 3.05) is 19.7 Å². The molecular weight excluding hydrogens is 234 g/mol. The average Bonchev–Trinajstić information content (AvgIpc) is 2.18. The van der Waals surface area contributed by atoms with Gasteiger partial charge in [-0.1, -0.05) is 0 Å². The van der Waals surface area contributed by atoms with Crippen molar-refractivity contribution in [2.24, 2.45) is 0 Å². The molecule has 1 aliphatic heterocycles. The largest absolute Gasteiger partial charge is 0.490 e. The predicted octanol–water partition coefficient (Wildman–Crippen LogP) is 0.704. The Morgan fingerprint density at radius 3 is 1.88 bits per heavy atom. The Hall–Kier alpha value is -0.890. The van der Waals surface area contributed by atoms with Gasteiger partial charge in [0.25, 0.3) is 0 Å². The number of piperidine rings is 1. The normalized spacial score (nSPS) is 19.6. The number of aliphatic carboxylic acids is 1. The lowest BCUT2D eigenvalue weighted by atomic mass is 9.96. The number of rotatable bonds is 1. The molecule has 0 unspecified atom stereocenters. The van der Waals surface area contributed by atoms with E-state index >= 15 is 0 Å². The van der Waals surface area contributed by atoms with Gasteiger partial charge in [-0.3, -0.25) is 0 Å². The Morgan fingerprint density at radius 2 is 1.69 bits per heavy atom. The number of carboxylic acid groups (broad SMARTS) is 1. The average molecular weight is 247 g/mol. The van der Waals surface area contributed by atoms with Crippen molar-refractivity contribution >= 4 is 5.97 Å². The van der Waals surface area contributed by atoms with Gasteiger partial charge in [0, 0.05) is 0 Å². The summed E-state index contributed by atoms with van der Waals surface area (Å²) in [4.78, 5) is 8.90. The molecule has 3 N–H and O–H groups in total. The standard InChI is InChI=1S/C6H12FNO.C2HF3O2/c7-6(5-9)1-3-8-4-2-6;3-2(4,5)1(6)7/h8-9H,1-5H2;(H,6,7). The number of carboxylic acids is 1. The molecule has 0 atom stereocenters.